The topological polar surface area (TPSA) is 106 Å². The SMILES string of the molecule is O=[N+]([O-])c1cccc(/C=C2\CCC(/C=N/N=C/c3cnc4ccccc4n3)=C2N2CCOCC2)c1. The third-order valence-electron chi connectivity index (χ3n) is 5.96. The van der Waals surface area contributed by atoms with Crippen LogP contribution >= 0.6 is 0 Å². The highest BCUT2D eigenvalue weighted by Crippen LogP contribution is 2.35. The zero-order chi connectivity index (χ0) is 24.0. The Labute approximate surface area is 202 Å². The molecule has 1 aromatic heterocycles. The van der Waals surface area contributed by atoms with Crippen LogP contribution in [-0.4, -0.2) is 58.5 Å². The van der Waals surface area contributed by atoms with E-state index >= 15 is 0 Å². The lowest BCUT2D eigenvalue weighted by Crippen LogP contribution is -2.36. The van der Waals surface area contributed by atoms with Crippen molar-refractivity contribution < 1.29 is 9.66 Å². The highest BCUT2D eigenvalue weighted by atomic mass is 16.6. The van der Waals surface area contributed by atoms with Gasteiger partial charge >= 0.3 is 0 Å². The van der Waals surface area contributed by atoms with Crippen molar-refractivity contribution in [2.75, 3.05) is 26.3 Å². The van der Waals surface area contributed by atoms with Crippen LogP contribution in [0.3, 0.4) is 0 Å². The third-order valence-corrected chi connectivity index (χ3v) is 5.96. The first-order chi connectivity index (χ1) is 17.2. The summed E-state index contributed by atoms with van der Waals surface area (Å²) in [6.07, 6.45) is 8.75. The molecule has 0 atom stereocenters. The highest BCUT2D eigenvalue weighted by molar-refractivity contribution is 5.85. The van der Waals surface area contributed by atoms with Gasteiger partial charge in [-0.15, -0.1) is 0 Å². The maximum atomic E-state index is 11.2. The summed E-state index contributed by atoms with van der Waals surface area (Å²) in [4.78, 5) is 22.0. The van der Waals surface area contributed by atoms with Crippen LogP contribution in [-0.2, 0) is 4.74 Å². The molecule has 0 saturated carbocycles. The number of non-ortho nitro benzene ring substituents is 1. The van der Waals surface area contributed by atoms with Gasteiger partial charge in [0.05, 0.1) is 47.8 Å². The van der Waals surface area contributed by atoms with Gasteiger partial charge in [-0.05, 0) is 47.8 Å². The van der Waals surface area contributed by atoms with Gasteiger partial charge in [0.15, 0.2) is 0 Å². The van der Waals surface area contributed by atoms with Crippen LogP contribution in [0.2, 0.25) is 0 Å². The first-order valence-corrected chi connectivity index (χ1v) is 11.5. The Balaban J connectivity index is 1.41. The van der Waals surface area contributed by atoms with Gasteiger partial charge in [-0.2, -0.15) is 10.2 Å². The molecule has 9 nitrogen and oxygen atoms in total. The van der Waals surface area contributed by atoms with Crippen molar-refractivity contribution in [2.24, 2.45) is 10.2 Å². The number of nitrogens with zero attached hydrogens (tertiary/aromatic N) is 6. The Morgan fingerprint density at radius 3 is 2.63 bits per heavy atom. The summed E-state index contributed by atoms with van der Waals surface area (Å²) in [5.41, 5.74) is 6.52. The lowest BCUT2D eigenvalue weighted by atomic mass is 10.1. The van der Waals surface area contributed by atoms with Gasteiger partial charge in [0, 0.05) is 30.9 Å². The molecule has 0 radical (unpaired) electrons. The second-order valence-electron chi connectivity index (χ2n) is 8.27. The van der Waals surface area contributed by atoms with Gasteiger partial charge in [-0.3, -0.25) is 15.1 Å². The molecule has 35 heavy (non-hydrogen) atoms. The standard InChI is InChI=1S/C26H24N6O3/c33-32(34)23-5-3-4-19(15-23)14-20-8-9-21(26(20)31-10-12-35-13-11-31)16-28-29-18-22-17-27-24-6-1-2-7-25(24)30-22/h1-7,14-18H,8-13H2/b20-14+,28-16+,29-18+. The molecule has 2 heterocycles. The van der Waals surface area contributed by atoms with Crippen molar-refractivity contribution in [1.29, 1.82) is 0 Å². The average molecular weight is 469 g/mol. The molecule has 0 amide bonds. The van der Waals surface area contributed by atoms with Crippen LogP contribution in [0.1, 0.15) is 24.1 Å². The fourth-order valence-corrected chi connectivity index (χ4v) is 4.33. The van der Waals surface area contributed by atoms with Crippen molar-refractivity contribution in [3.8, 4) is 0 Å². The molecule has 176 valence electrons. The lowest BCUT2D eigenvalue weighted by molar-refractivity contribution is -0.384. The number of allylic oxidation sites excluding steroid dienone is 2. The van der Waals surface area contributed by atoms with Crippen LogP contribution in [0, 0.1) is 10.1 Å². The van der Waals surface area contributed by atoms with E-state index in [-0.39, 0.29) is 10.6 Å². The van der Waals surface area contributed by atoms with E-state index < -0.39 is 0 Å². The molecular weight excluding hydrogens is 444 g/mol. The molecule has 1 saturated heterocycles. The number of benzene rings is 2. The summed E-state index contributed by atoms with van der Waals surface area (Å²) in [6, 6.07) is 14.4. The molecule has 1 aliphatic carbocycles. The van der Waals surface area contributed by atoms with E-state index in [1.807, 2.05) is 36.4 Å². The van der Waals surface area contributed by atoms with Crippen LogP contribution in [0.15, 0.2) is 81.8 Å². The number of ether oxygens (including phenoxy) is 1. The predicted octanol–water partition coefficient (Wildman–Crippen LogP) is 4.41. The van der Waals surface area contributed by atoms with Crippen molar-refractivity contribution in [3.05, 3.63) is 92.9 Å². The van der Waals surface area contributed by atoms with Gasteiger partial charge in [0.1, 0.15) is 5.69 Å². The van der Waals surface area contributed by atoms with E-state index in [0.29, 0.717) is 18.9 Å². The van der Waals surface area contributed by atoms with Crippen LogP contribution in [0.4, 0.5) is 5.69 Å². The van der Waals surface area contributed by atoms with Crippen molar-refractivity contribution in [2.45, 2.75) is 12.8 Å². The second-order valence-corrected chi connectivity index (χ2v) is 8.27. The number of para-hydroxylation sites is 2. The van der Waals surface area contributed by atoms with E-state index in [1.165, 1.54) is 6.07 Å². The van der Waals surface area contributed by atoms with Crippen molar-refractivity contribution in [1.82, 2.24) is 14.9 Å². The van der Waals surface area contributed by atoms with Gasteiger partial charge in [0.2, 0.25) is 0 Å². The smallest absolute Gasteiger partial charge is 0.270 e. The zero-order valence-corrected chi connectivity index (χ0v) is 19.1. The normalized spacial score (nSPS) is 17.9. The summed E-state index contributed by atoms with van der Waals surface area (Å²) in [6.45, 7) is 2.90. The monoisotopic (exact) mass is 468 g/mol. The van der Waals surface area contributed by atoms with Gasteiger partial charge in [-0.25, -0.2) is 4.98 Å². The van der Waals surface area contributed by atoms with E-state index in [1.54, 1.807) is 30.8 Å². The van der Waals surface area contributed by atoms with E-state index in [9.17, 15) is 10.1 Å². The first-order valence-electron chi connectivity index (χ1n) is 11.5. The Morgan fingerprint density at radius 2 is 1.80 bits per heavy atom. The number of nitro groups is 1. The molecule has 0 N–H and O–H groups in total. The Morgan fingerprint density at radius 1 is 1.00 bits per heavy atom. The predicted molar refractivity (Wildman–Crippen MR) is 135 cm³/mol. The summed E-state index contributed by atoms with van der Waals surface area (Å²) in [5, 5.41) is 19.7. The number of fused-ring (bicyclic) bond motifs is 1. The minimum atomic E-state index is -0.370. The summed E-state index contributed by atoms with van der Waals surface area (Å²) < 4.78 is 5.54. The van der Waals surface area contributed by atoms with Gasteiger partial charge in [-0.1, -0.05) is 24.3 Å². The summed E-state index contributed by atoms with van der Waals surface area (Å²) in [5.74, 6) is 0. The number of nitro benzene ring substituents is 1. The fourth-order valence-electron chi connectivity index (χ4n) is 4.33. The Kier molecular flexibility index (Phi) is 6.67. The number of morpholine rings is 1. The molecule has 1 fully saturated rings. The first kappa shape index (κ1) is 22.5. The number of aromatic nitrogens is 2. The molecule has 1 aliphatic heterocycles. The summed E-state index contributed by atoms with van der Waals surface area (Å²) >= 11 is 0. The molecule has 0 bridgehead atoms. The maximum Gasteiger partial charge on any atom is 0.270 e. The van der Waals surface area contributed by atoms with E-state index in [0.717, 1.165) is 59.4 Å². The number of rotatable bonds is 6. The van der Waals surface area contributed by atoms with Crippen LogP contribution in [0.5, 0.6) is 0 Å². The zero-order valence-electron chi connectivity index (χ0n) is 19.1. The largest absolute Gasteiger partial charge is 0.378 e. The van der Waals surface area contributed by atoms with Crippen LogP contribution in [0.25, 0.3) is 17.1 Å². The van der Waals surface area contributed by atoms with E-state index in [2.05, 4.69) is 25.1 Å². The van der Waals surface area contributed by atoms with E-state index in [4.69, 9.17) is 4.74 Å². The molecule has 5 rings (SSSR count). The minimum Gasteiger partial charge on any atom is -0.378 e. The lowest BCUT2D eigenvalue weighted by Gasteiger charge is -2.31. The third kappa shape index (κ3) is 5.30. The molecule has 9 heteroatoms. The molecule has 0 spiro atoms. The summed E-state index contributed by atoms with van der Waals surface area (Å²) in [7, 11) is 0. The highest BCUT2D eigenvalue weighted by Gasteiger charge is 2.25. The molecular formula is C26H24N6O3. The fraction of sp³-hybridized carbons (Fsp3) is 0.231. The molecule has 0 unspecified atom stereocenters. The average Bonchev–Trinajstić information content (AvgIpc) is 3.29. The molecule has 2 aromatic carbocycles. The molecule has 2 aliphatic rings. The van der Waals surface area contributed by atoms with Gasteiger partial charge in [0.25, 0.3) is 5.69 Å². The van der Waals surface area contributed by atoms with Crippen molar-refractivity contribution in [3.63, 3.8) is 0 Å². The van der Waals surface area contributed by atoms with Crippen LogP contribution < -0.4 is 0 Å². The van der Waals surface area contributed by atoms with Crippen molar-refractivity contribution >= 4 is 35.2 Å². The van der Waals surface area contributed by atoms with Gasteiger partial charge < -0.3 is 9.64 Å². The number of hydrogen-bond donors (Lipinski definition) is 0. The molecule has 3 aromatic rings. The second kappa shape index (κ2) is 10.4. The Bertz CT molecular complexity index is 1370. The number of hydrogen-bond acceptors (Lipinski definition) is 8. The Hall–Kier alpha value is -4.24. The minimum absolute atomic E-state index is 0.0853. The maximum absolute atomic E-state index is 11.2. The quantitative estimate of drug-likeness (QED) is 0.301.